The molecule has 0 radical (unpaired) electrons. The Balaban J connectivity index is 1.13. The predicted octanol–water partition coefficient (Wildman–Crippen LogP) is 5.57. The number of benzene rings is 3. The Hall–Kier alpha value is -4.21. The van der Waals surface area contributed by atoms with Crippen molar-refractivity contribution in [2.45, 2.75) is 31.1 Å². The summed E-state index contributed by atoms with van der Waals surface area (Å²) < 4.78 is 36.0. The lowest BCUT2D eigenvalue weighted by atomic mass is 10.1. The van der Waals surface area contributed by atoms with Crippen molar-refractivity contribution in [1.29, 1.82) is 0 Å². The van der Waals surface area contributed by atoms with Gasteiger partial charge in [0.2, 0.25) is 0 Å². The van der Waals surface area contributed by atoms with E-state index in [2.05, 4.69) is 21.8 Å². The fraction of sp³-hybridized carbons (Fsp3) is 0.250. The molecule has 0 aliphatic carbocycles. The summed E-state index contributed by atoms with van der Waals surface area (Å²) in [6.45, 7) is 5.96. The average Bonchev–Trinajstić information content (AvgIpc) is 3.64. The van der Waals surface area contributed by atoms with Gasteiger partial charge in [-0.2, -0.15) is 5.10 Å². The molecule has 0 atom stereocenters. The highest BCUT2D eigenvalue weighted by atomic mass is 32.2. The van der Waals surface area contributed by atoms with E-state index in [-0.39, 0.29) is 4.90 Å². The van der Waals surface area contributed by atoms with Crippen molar-refractivity contribution < 1.29 is 13.2 Å². The number of aryl methyl sites for hydroxylation is 1. The first kappa shape index (κ1) is 27.0. The number of nitrogens with one attached hydrogen (secondary N) is 1. The van der Waals surface area contributed by atoms with Crippen LogP contribution in [-0.4, -0.2) is 54.2 Å². The van der Waals surface area contributed by atoms with Gasteiger partial charge in [-0.15, -0.1) is 0 Å². The van der Waals surface area contributed by atoms with Crippen LogP contribution in [0.5, 0.6) is 5.75 Å². The van der Waals surface area contributed by atoms with Crippen LogP contribution in [0.4, 0.5) is 5.69 Å². The van der Waals surface area contributed by atoms with Crippen molar-refractivity contribution in [1.82, 2.24) is 19.5 Å². The van der Waals surface area contributed by atoms with Crippen molar-refractivity contribution in [3.63, 3.8) is 0 Å². The highest BCUT2D eigenvalue weighted by molar-refractivity contribution is 7.92. The Morgan fingerprint density at radius 1 is 0.878 bits per heavy atom. The number of sulfonamides is 1. The normalized spacial score (nSPS) is 14.0. The zero-order chi connectivity index (χ0) is 28.2. The van der Waals surface area contributed by atoms with Crippen LogP contribution in [0.15, 0.2) is 95.9 Å². The standard InChI is InChI=1S/C32H33N5O3S/c1-24-7-17-29(18-8-24)41(38,39)35-27-13-11-26(12-14-27)30-5-4-6-32-33-31(34-37(30)32)23-25-9-15-28(16-10-25)40-22-21-36-19-2-3-20-36/h4-18,35H,2-3,19-23H2,1H3. The average molecular weight is 568 g/mol. The maximum absolute atomic E-state index is 12.8. The number of fused-ring (bicyclic) bond motifs is 1. The van der Waals surface area contributed by atoms with E-state index in [4.69, 9.17) is 14.8 Å². The molecule has 1 aliphatic rings. The van der Waals surface area contributed by atoms with Crippen LogP contribution < -0.4 is 9.46 Å². The fourth-order valence-electron chi connectivity index (χ4n) is 5.07. The number of aromatic nitrogens is 3. The molecule has 0 spiro atoms. The summed E-state index contributed by atoms with van der Waals surface area (Å²) >= 11 is 0. The number of anilines is 1. The third kappa shape index (κ3) is 6.42. The van der Waals surface area contributed by atoms with Gasteiger partial charge in [-0.1, -0.05) is 48.0 Å². The second kappa shape index (κ2) is 11.7. The molecule has 41 heavy (non-hydrogen) atoms. The minimum atomic E-state index is -3.67. The van der Waals surface area contributed by atoms with E-state index in [1.54, 1.807) is 36.4 Å². The Morgan fingerprint density at radius 2 is 1.61 bits per heavy atom. The third-order valence-electron chi connectivity index (χ3n) is 7.33. The summed E-state index contributed by atoms with van der Waals surface area (Å²) in [6.07, 6.45) is 3.19. The van der Waals surface area contributed by atoms with E-state index in [0.717, 1.165) is 46.2 Å². The van der Waals surface area contributed by atoms with E-state index < -0.39 is 10.0 Å². The summed E-state index contributed by atoms with van der Waals surface area (Å²) in [4.78, 5) is 7.41. The van der Waals surface area contributed by atoms with Crippen LogP contribution in [0.2, 0.25) is 0 Å². The molecule has 3 heterocycles. The minimum Gasteiger partial charge on any atom is -0.492 e. The van der Waals surface area contributed by atoms with Gasteiger partial charge in [0, 0.05) is 24.2 Å². The summed E-state index contributed by atoms with van der Waals surface area (Å²) in [5.74, 6) is 1.60. The molecule has 0 saturated carbocycles. The second-order valence-corrected chi connectivity index (χ2v) is 12.1. The third-order valence-corrected chi connectivity index (χ3v) is 8.73. The lowest BCUT2D eigenvalue weighted by Gasteiger charge is -2.14. The first-order valence-electron chi connectivity index (χ1n) is 13.9. The number of hydrogen-bond donors (Lipinski definition) is 1. The van der Waals surface area contributed by atoms with Gasteiger partial charge in [0.15, 0.2) is 11.5 Å². The van der Waals surface area contributed by atoms with Gasteiger partial charge in [0.1, 0.15) is 12.4 Å². The zero-order valence-corrected chi connectivity index (χ0v) is 23.8. The number of nitrogens with zero attached hydrogens (tertiary/aromatic N) is 4. The first-order chi connectivity index (χ1) is 19.9. The number of likely N-dealkylation sites (tertiary alicyclic amines) is 1. The first-order valence-corrected chi connectivity index (χ1v) is 15.4. The van der Waals surface area contributed by atoms with Gasteiger partial charge in [-0.05, 0) is 86.9 Å². The molecule has 1 saturated heterocycles. The molecule has 0 unspecified atom stereocenters. The van der Waals surface area contributed by atoms with Gasteiger partial charge in [-0.3, -0.25) is 9.62 Å². The van der Waals surface area contributed by atoms with E-state index in [9.17, 15) is 8.42 Å². The molecular formula is C32H33N5O3S. The number of ether oxygens (including phenoxy) is 1. The highest BCUT2D eigenvalue weighted by Crippen LogP contribution is 2.24. The van der Waals surface area contributed by atoms with Gasteiger partial charge in [0.05, 0.1) is 10.6 Å². The topological polar surface area (TPSA) is 88.8 Å². The molecule has 5 aromatic rings. The molecule has 210 valence electrons. The summed E-state index contributed by atoms with van der Waals surface area (Å²) in [5.41, 5.74) is 5.13. The Kier molecular flexibility index (Phi) is 7.71. The highest BCUT2D eigenvalue weighted by Gasteiger charge is 2.15. The van der Waals surface area contributed by atoms with Crippen LogP contribution in [0.3, 0.4) is 0 Å². The molecule has 1 aliphatic heterocycles. The van der Waals surface area contributed by atoms with Crippen molar-refractivity contribution in [3.05, 3.63) is 108 Å². The molecule has 0 bridgehead atoms. The second-order valence-electron chi connectivity index (χ2n) is 10.4. The van der Waals surface area contributed by atoms with Gasteiger partial charge in [0.25, 0.3) is 10.0 Å². The lowest BCUT2D eigenvalue weighted by molar-refractivity contribution is 0.238. The quantitative estimate of drug-likeness (QED) is 0.237. The number of rotatable bonds is 10. The molecule has 0 amide bonds. The maximum Gasteiger partial charge on any atom is 0.261 e. The smallest absolute Gasteiger partial charge is 0.261 e. The minimum absolute atomic E-state index is 0.228. The van der Waals surface area contributed by atoms with Crippen LogP contribution in [0.25, 0.3) is 16.9 Å². The summed E-state index contributed by atoms with van der Waals surface area (Å²) in [6, 6.07) is 28.1. The molecule has 2 aromatic heterocycles. The maximum atomic E-state index is 12.8. The zero-order valence-electron chi connectivity index (χ0n) is 23.0. The van der Waals surface area contributed by atoms with E-state index >= 15 is 0 Å². The fourth-order valence-corrected chi connectivity index (χ4v) is 6.13. The van der Waals surface area contributed by atoms with Crippen LogP contribution in [0.1, 0.15) is 29.8 Å². The van der Waals surface area contributed by atoms with Crippen molar-refractivity contribution in [2.75, 3.05) is 31.0 Å². The molecular weight excluding hydrogens is 534 g/mol. The Bertz CT molecular complexity index is 1730. The SMILES string of the molecule is Cc1ccc(S(=O)(=O)Nc2ccc(-c3cccc4nc(Cc5ccc(OCCN6CCCC6)cc5)nn34)cc2)cc1. The van der Waals surface area contributed by atoms with Gasteiger partial charge < -0.3 is 4.74 Å². The summed E-state index contributed by atoms with van der Waals surface area (Å²) in [5, 5.41) is 4.79. The largest absolute Gasteiger partial charge is 0.492 e. The molecule has 8 nitrogen and oxygen atoms in total. The predicted molar refractivity (Wildman–Crippen MR) is 161 cm³/mol. The molecule has 1 N–H and O–H groups in total. The lowest BCUT2D eigenvalue weighted by Crippen LogP contribution is -2.25. The van der Waals surface area contributed by atoms with Gasteiger partial charge in [-0.25, -0.2) is 17.9 Å². The van der Waals surface area contributed by atoms with E-state index in [1.165, 1.54) is 25.9 Å². The molecule has 6 rings (SSSR count). The molecule has 9 heteroatoms. The Morgan fingerprint density at radius 3 is 2.34 bits per heavy atom. The van der Waals surface area contributed by atoms with Crippen LogP contribution in [0, 0.1) is 6.92 Å². The van der Waals surface area contributed by atoms with Crippen molar-refractivity contribution >= 4 is 21.4 Å². The monoisotopic (exact) mass is 567 g/mol. The van der Waals surface area contributed by atoms with Gasteiger partial charge >= 0.3 is 0 Å². The van der Waals surface area contributed by atoms with Crippen molar-refractivity contribution in [3.8, 4) is 17.0 Å². The Labute approximate surface area is 240 Å². The molecule has 3 aromatic carbocycles. The van der Waals surface area contributed by atoms with E-state index in [0.29, 0.717) is 18.7 Å². The van der Waals surface area contributed by atoms with Crippen LogP contribution in [-0.2, 0) is 16.4 Å². The summed E-state index contributed by atoms with van der Waals surface area (Å²) in [7, 11) is -3.67. The van der Waals surface area contributed by atoms with E-state index in [1.807, 2.05) is 53.9 Å². The molecule has 1 fully saturated rings. The number of pyridine rings is 1. The van der Waals surface area contributed by atoms with Crippen LogP contribution >= 0.6 is 0 Å². The van der Waals surface area contributed by atoms with Crippen molar-refractivity contribution in [2.24, 2.45) is 0 Å². The number of hydrogen-bond acceptors (Lipinski definition) is 6.